The average Bonchev–Trinajstić information content (AvgIpc) is 3.48. The first-order chi connectivity index (χ1) is 24.2. The number of hydrogen-bond acceptors (Lipinski definition) is 5. The Balaban J connectivity index is 1.65. The van der Waals surface area contributed by atoms with Gasteiger partial charge in [-0.1, -0.05) is 118 Å². The van der Waals surface area contributed by atoms with E-state index in [1.54, 1.807) is 14.2 Å². The Bertz CT molecular complexity index is 1540. The lowest BCUT2D eigenvalue weighted by Crippen LogP contribution is -2.66. The minimum absolute atomic E-state index is 0.0553. The van der Waals surface area contributed by atoms with Crippen molar-refractivity contribution in [3.05, 3.63) is 109 Å². The van der Waals surface area contributed by atoms with Crippen LogP contribution in [-0.4, -0.2) is 70.8 Å². The summed E-state index contributed by atoms with van der Waals surface area (Å²) in [6.45, 7) is 21.2. The van der Waals surface area contributed by atoms with Gasteiger partial charge in [-0.3, -0.25) is 4.79 Å². The highest BCUT2D eigenvalue weighted by atomic mass is 28.4. The molecule has 0 aliphatic carbocycles. The zero-order chi connectivity index (χ0) is 37.2. The second kappa shape index (κ2) is 17.8. The number of rotatable bonds is 16. The molecule has 0 N–H and O–H groups in total. The minimum Gasteiger partial charge on any atom is -0.497 e. The van der Waals surface area contributed by atoms with Crippen molar-refractivity contribution in [2.45, 2.75) is 90.5 Å². The van der Waals surface area contributed by atoms with Crippen LogP contribution in [0.25, 0.3) is 6.08 Å². The lowest BCUT2D eigenvalue weighted by molar-refractivity contribution is -0.138. The van der Waals surface area contributed by atoms with E-state index in [0.29, 0.717) is 19.8 Å². The summed E-state index contributed by atoms with van der Waals surface area (Å²) in [6.07, 6.45) is 6.35. The fraction of sp³-hybridized carbons (Fsp3) is 0.477. The zero-order valence-electron chi connectivity index (χ0n) is 32.5. The van der Waals surface area contributed by atoms with Crippen LogP contribution in [0.3, 0.4) is 0 Å². The normalized spacial score (nSPS) is 18.2. The number of benzene rings is 3. The molecule has 1 fully saturated rings. The Kier molecular flexibility index (Phi) is 14.1. The molecule has 1 saturated heterocycles. The highest BCUT2D eigenvalue weighted by molar-refractivity contribution is 6.99. The number of carbonyl (C=O) groups excluding carboxylic acids is 1. The van der Waals surface area contributed by atoms with E-state index in [2.05, 4.69) is 122 Å². The fourth-order valence-electron chi connectivity index (χ4n) is 7.64. The number of likely N-dealkylation sites (tertiary alicyclic amines) is 1. The van der Waals surface area contributed by atoms with E-state index in [9.17, 15) is 4.79 Å². The Morgan fingerprint density at radius 3 is 2.10 bits per heavy atom. The molecule has 1 amide bonds. The molecule has 0 unspecified atom stereocenters. The predicted molar refractivity (Wildman–Crippen MR) is 213 cm³/mol. The summed E-state index contributed by atoms with van der Waals surface area (Å²) in [7, 11) is 0.681. The van der Waals surface area contributed by atoms with Crippen molar-refractivity contribution in [3.63, 3.8) is 0 Å². The van der Waals surface area contributed by atoms with Crippen molar-refractivity contribution in [1.29, 1.82) is 0 Å². The molecule has 1 aliphatic heterocycles. The van der Waals surface area contributed by atoms with Crippen LogP contribution in [0.4, 0.5) is 0 Å². The minimum atomic E-state index is -2.68. The summed E-state index contributed by atoms with van der Waals surface area (Å²) >= 11 is 0. The van der Waals surface area contributed by atoms with Gasteiger partial charge in [-0.05, 0) is 86.0 Å². The maximum absolute atomic E-state index is 14.8. The number of allylic oxidation sites excluding steroid dienone is 1. The Hall–Kier alpha value is -3.49. The summed E-state index contributed by atoms with van der Waals surface area (Å²) in [4.78, 5) is 16.8. The summed E-state index contributed by atoms with van der Waals surface area (Å²) in [5.74, 6) is 0.345. The number of methoxy groups -OCH3 is 2. The smallest absolute Gasteiger partial charge is 0.261 e. The van der Waals surface area contributed by atoms with Crippen LogP contribution < -0.4 is 15.1 Å². The summed E-state index contributed by atoms with van der Waals surface area (Å²) in [5, 5.41) is 2.42. The molecule has 6 nitrogen and oxygen atoms in total. The second-order valence-corrected chi connectivity index (χ2v) is 20.3. The molecule has 1 aliphatic rings. The molecule has 4 atom stereocenters. The fourth-order valence-corrected chi connectivity index (χ4v) is 12.2. The molecule has 51 heavy (non-hydrogen) atoms. The molecule has 0 aromatic heterocycles. The molecule has 3 aromatic carbocycles. The largest absolute Gasteiger partial charge is 0.497 e. The van der Waals surface area contributed by atoms with Gasteiger partial charge in [-0.15, -0.1) is 0 Å². The average molecular weight is 712 g/mol. The van der Waals surface area contributed by atoms with Gasteiger partial charge >= 0.3 is 0 Å². The molecule has 1 heterocycles. The molecule has 3 aromatic rings. The second-order valence-electron chi connectivity index (χ2n) is 16.0. The van der Waals surface area contributed by atoms with Gasteiger partial charge in [0, 0.05) is 20.3 Å². The van der Waals surface area contributed by atoms with E-state index in [1.807, 2.05) is 35.2 Å². The quantitative estimate of drug-likeness (QED) is 0.0851. The number of amides is 1. The van der Waals surface area contributed by atoms with Gasteiger partial charge in [0.05, 0.1) is 37.4 Å². The van der Waals surface area contributed by atoms with Gasteiger partial charge in [-0.2, -0.15) is 0 Å². The third-order valence-corrected chi connectivity index (χ3v) is 14.9. The van der Waals surface area contributed by atoms with E-state index in [1.165, 1.54) is 10.4 Å². The third kappa shape index (κ3) is 10.3. The molecule has 0 spiro atoms. The molecule has 276 valence electrons. The first-order valence-corrected chi connectivity index (χ1v) is 20.3. The standard InChI is InChI=1S/C44H61NO5Si/c1-33(2)40(25-18-28-49-51(44(6,7)8,38-21-13-11-14-22-38)39-23-15-12-16-24-39)41(27-26-34-19-17-20-36(29-34)48-10)42(46)45-31-37(50-43(3,4)5)30-35(45)32-47-9/h11-17,19-24,26-27,29,35,37,40-41H,1,18,25,28,30-32H2,2-10H3/b27-26+/t35-,37+,40+,41-/m0/s1. The summed E-state index contributed by atoms with van der Waals surface area (Å²) in [5.41, 5.74) is 1.66. The first kappa shape index (κ1) is 40.3. The summed E-state index contributed by atoms with van der Waals surface area (Å²) in [6, 6.07) is 29.3. The molecule has 0 bridgehead atoms. The number of carbonyl (C=O) groups is 1. The van der Waals surface area contributed by atoms with Crippen molar-refractivity contribution in [3.8, 4) is 5.75 Å². The number of nitrogens with zero attached hydrogens (tertiary/aromatic N) is 1. The van der Waals surface area contributed by atoms with Gasteiger partial charge in [0.15, 0.2) is 0 Å². The van der Waals surface area contributed by atoms with Crippen LogP contribution in [0, 0.1) is 11.8 Å². The Morgan fingerprint density at radius 2 is 1.57 bits per heavy atom. The maximum atomic E-state index is 14.8. The molecule has 0 radical (unpaired) electrons. The van der Waals surface area contributed by atoms with Crippen molar-refractivity contribution >= 4 is 30.7 Å². The van der Waals surface area contributed by atoms with E-state index in [0.717, 1.165) is 36.1 Å². The van der Waals surface area contributed by atoms with E-state index in [4.69, 9.17) is 18.6 Å². The van der Waals surface area contributed by atoms with Crippen molar-refractivity contribution in [2.24, 2.45) is 11.8 Å². The Labute approximate surface area is 309 Å². The number of hydrogen-bond donors (Lipinski definition) is 0. The van der Waals surface area contributed by atoms with E-state index >= 15 is 0 Å². The van der Waals surface area contributed by atoms with Gasteiger partial charge in [-0.25, -0.2) is 0 Å². The molecule has 7 heteroatoms. The monoisotopic (exact) mass is 711 g/mol. The van der Waals surface area contributed by atoms with Crippen LogP contribution in [0.15, 0.2) is 103 Å². The van der Waals surface area contributed by atoms with Gasteiger partial charge < -0.3 is 23.5 Å². The third-order valence-electron chi connectivity index (χ3n) is 9.87. The van der Waals surface area contributed by atoms with Crippen molar-refractivity contribution in [1.82, 2.24) is 4.90 Å². The lowest BCUT2D eigenvalue weighted by atomic mass is 9.82. The van der Waals surface area contributed by atoms with Crippen LogP contribution in [0.5, 0.6) is 5.75 Å². The molecular formula is C44H61NO5Si. The van der Waals surface area contributed by atoms with Gasteiger partial charge in [0.1, 0.15) is 5.75 Å². The molecule has 0 saturated carbocycles. The van der Waals surface area contributed by atoms with Crippen LogP contribution >= 0.6 is 0 Å². The molecule has 4 rings (SSSR count). The van der Waals surface area contributed by atoms with Crippen LogP contribution in [0.1, 0.15) is 73.3 Å². The van der Waals surface area contributed by atoms with E-state index in [-0.39, 0.29) is 34.6 Å². The molecular weight excluding hydrogens is 651 g/mol. The van der Waals surface area contributed by atoms with Crippen LogP contribution in [-0.2, 0) is 18.7 Å². The SMILES string of the molecule is C=C(C)[C@@H](CCCO[Si](c1ccccc1)(c1ccccc1)C(C)(C)C)[C@H](/C=C/c1cccc(OC)c1)C(=O)N1C[C@H](OC(C)(C)C)C[C@H]1COC. The van der Waals surface area contributed by atoms with Crippen molar-refractivity contribution < 1.29 is 23.4 Å². The van der Waals surface area contributed by atoms with Gasteiger partial charge in [0.25, 0.3) is 8.32 Å². The number of ether oxygens (including phenoxy) is 3. The van der Waals surface area contributed by atoms with E-state index < -0.39 is 14.2 Å². The maximum Gasteiger partial charge on any atom is 0.261 e. The zero-order valence-corrected chi connectivity index (χ0v) is 33.5. The topological polar surface area (TPSA) is 57.2 Å². The van der Waals surface area contributed by atoms with Crippen molar-refractivity contribution in [2.75, 3.05) is 34.0 Å². The summed E-state index contributed by atoms with van der Waals surface area (Å²) < 4.78 is 24.8. The highest BCUT2D eigenvalue weighted by Gasteiger charge is 2.50. The highest BCUT2D eigenvalue weighted by Crippen LogP contribution is 2.38. The predicted octanol–water partition coefficient (Wildman–Crippen LogP) is 8.30. The Morgan fingerprint density at radius 1 is 0.941 bits per heavy atom. The lowest BCUT2D eigenvalue weighted by Gasteiger charge is -2.43. The first-order valence-electron chi connectivity index (χ1n) is 18.4. The van der Waals surface area contributed by atoms with Crippen LogP contribution in [0.2, 0.25) is 5.04 Å². The van der Waals surface area contributed by atoms with Gasteiger partial charge in [0.2, 0.25) is 5.91 Å².